The molecular formula is C17H27N5O2. The van der Waals surface area contributed by atoms with Crippen molar-refractivity contribution in [3.63, 3.8) is 0 Å². The summed E-state index contributed by atoms with van der Waals surface area (Å²) in [5.74, 6) is 1.98. The molecule has 0 aromatic carbocycles. The highest BCUT2D eigenvalue weighted by atomic mass is 16.2. The first-order valence-electron chi connectivity index (χ1n) is 8.58. The minimum absolute atomic E-state index is 0.0639. The molecule has 0 bridgehead atoms. The number of carbonyl (C=O) groups excluding carboxylic acids is 2. The normalized spacial score (nSPS) is 23.8. The number of piperidine rings is 1. The third-order valence-electron chi connectivity index (χ3n) is 5.56. The SMILES string of the molecule is CN(C)C(=O)CCCn1ccc(NC(=O)N2C[C@@H]3[C@H](C2)C3(C)C)n1. The zero-order valence-electron chi connectivity index (χ0n) is 15.0. The summed E-state index contributed by atoms with van der Waals surface area (Å²) in [6.07, 6.45) is 3.07. The van der Waals surface area contributed by atoms with Gasteiger partial charge in [0.25, 0.3) is 0 Å². The van der Waals surface area contributed by atoms with Crippen LogP contribution in [0.5, 0.6) is 0 Å². The van der Waals surface area contributed by atoms with E-state index in [2.05, 4.69) is 24.3 Å². The number of anilines is 1. The number of carbonyl (C=O) groups is 2. The Labute approximate surface area is 143 Å². The number of hydrogen-bond donors (Lipinski definition) is 1. The van der Waals surface area contributed by atoms with Gasteiger partial charge in [0.15, 0.2) is 5.82 Å². The van der Waals surface area contributed by atoms with Gasteiger partial charge in [-0.1, -0.05) is 13.8 Å². The van der Waals surface area contributed by atoms with Crippen LogP contribution in [0.1, 0.15) is 26.7 Å². The highest BCUT2D eigenvalue weighted by Crippen LogP contribution is 2.61. The number of nitrogens with one attached hydrogen (secondary N) is 1. The Morgan fingerprint density at radius 2 is 2.00 bits per heavy atom. The molecule has 24 heavy (non-hydrogen) atoms. The maximum Gasteiger partial charge on any atom is 0.323 e. The van der Waals surface area contributed by atoms with Crippen LogP contribution in [0.25, 0.3) is 0 Å². The quantitative estimate of drug-likeness (QED) is 0.894. The summed E-state index contributed by atoms with van der Waals surface area (Å²) < 4.78 is 1.77. The fourth-order valence-electron chi connectivity index (χ4n) is 3.66. The number of rotatable bonds is 5. The van der Waals surface area contributed by atoms with Crippen molar-refractivity contribution in [1.29, 1.82) is 0 Å². The van der Waals surface area contributed by atoms with Gasteiger partial charge in [-0.15, -0.1) is 0 Å². The Kier molecular flexibility index (Phi) is 4.27. The third-order valence-corrected chi connectivity index (χ3v) is 5.56. The number of urea groups is 1. The lowest BCUT2D eigenvalue weighted by Gasteiger charge is -2.21. The molecule has 1 aliphatic carbocycles. The molecule has 0 spiro atoms. The Hall–Kier alpha value is -2.05. The predicted octanol–water partition coefficient (Wildman–Crippen LogP) is 1.87. The first kappa shape index (κ1) is 16.8. The molecule has 1 saturated heterocycles. The van der Waals surface area contributed by atoms with Crippen LogP contribution < -0.4 is 5.32 Å². The maximum atomic E-state index is 12.3. The van der Waals surface area contributed by atoms with Crippen LogP contribution in [0.2, 0.25) is 0 Å². The first-order chi connectivity index (χ1) is 11.3. The number of aryl methyl sites for hydroxylation is 1. The van der Waals surface area contributed by atoms with Gasteiger partial charge in [0, 0.05) is 52.4 Å². The molecule has 1 saturated carbocycles. The van der Waals surface area contributed by atoms with Crippen molar-refractivity contribution in [1.82, 2.24) is 19.6 Å². The minimum atomic E-state index is -0.0639. The molecule has 2 fully saturated rings. The molecule has 3 rings (SSSR count). The average Bonchev–Trinajstić information content (AvgIpc) is 2.97. The van der Waals surface area contributed by atoms with Crippen molar-refractivity contribution in [2.24, 2.45) is 17.3 Å². The molecule has 7 heteroatoms. The number of hydrogen-bond acceptors (Lipinski definition) is 3. The molecule has 7 nitrogen and oxygen atoms in total. The van der Waals surface area contributed by atoms with E-state index in [0.29, 0.717) is 36.0 Å². The molecule has 2 aliphatic rings. The van der Waals surface area contributed by atoms with Crippen LogP contribution in [-0.2, 0) is 11.3 Å². The van der Waals surface area contributed by atoms with E-state index in [1.54, 1.807) is 29.7 Å². The largest absolute Gasteiger partial charge is 0.349 e. The van der Waals surface area contributed by atoms with Crippen molar-refractivity contribution in [2.45, 2.75) is 33.2 Å². The summed E-state index contributed by atoms with van der Waals surface area (Å²) >= 11 is 0. The second-order valence-electron chi connectivity index (χ2n) is 7.73. The second kappa shape index (κ2) is 6.11. The monoisotopic (exact) mass is 333 g/mol. The lowest BCUT2D eigenvalue weighted by atomic mass is 10.1. The van der Waals surface area contributed by atoms with E-state index in [9.17, 15) is 9.59 Å². The molecule has 2 atom stereocenters. The van der Waals surface area contributed by atoms with E-state index >= 15 is 0 Å². The topological polar surface area (TPSA) is 70.5 Å². The lowest BCUT2D eigenvalue weighted by molar-refractivity contribution is -0.128. The second-order valence-corrected chi connectivity index (χ2v) is 7.73. The summed E-state index contributed by atoms with van der Waals surface area (Å²) in [6, 6.07) is 1.73. The Morgan fingerprint density at radius 3 is 2.62 bits per heavy atom. The van der Waals surface area contributed by atoms with Crippen LogP contribution in [0.15, 0.2) is 12.3 Å². The maximum absolute atomic E-state index is 12.3. The van der Waals surface area contributed by atoms with Gasteiger partial charge in [-0.2, -0.15) is 5.10 Å². The van der Waals surface area contributed by atoms with Crippen LogP contribution in [-0.4, -0.2) is 58.7 Å². The summed E-state index contributed by atoms with van der Waals surface area (Å²) in [6.45, 7) is 6.91. The summed E-state index contributed by atoms with van der Waals surface area (Å²) in [7, 11) is 3.51. The molecule has 3 amide bonds. The van der Waals surface area contributed by atoms with Gasteiger partial charge < -0.3 is 9.80 Å². The molecule has 1 N–H and O–H groups in total. The lowest BCUT2D eigenvalue weighted by Crippen LogP contribution is -2.36. The van der Waals surface area contributed by atoms with Gasteiger partial charge in [-0.3, -0.25) is 14.8 Å². The first-order valence-corrected chi connectivity index (χ1v) is 8.58. The number of likely N-dealkylation sites (tertiary alicyclic amines) is 1. The van der Waals surface area contributed by atoms with Crippen molar-refractivity contribution in [3.8, 4) is 0 Å². The number of aromatic nitrogens is 2. The van der Waals surface area contributed by atoms with Crippen LogP contribution in [0, 0.1) is 17.3 Å². The molecule has 0 radical (unpaired) electrons. The molecule has 1 aromatic heterocycles. The Morgan fingerprint density at radius 1 is 1.33 bits per heavy atom. The number of amides is 3. The van der Waals surface area contributed by atoms with Crippen molar-refractivity contribution in [3.05, 3.63) is 12.3 Å². The summed E-state index contributed by atoms with van der Waals surface area (Å²) in [5.41, 5.74) is 0.405. The van der Waals surface area contributed by atoms with Gasteiger partial charge >= 0.3 is 6.03 Å². The molecule has 132 valence electrons. The van der Waals surface area contributed by atoms with Gasteiger partial charge in [0.05, 0.1) is 0 Å². The summed E-state index contributed by atoms with van der Waals surface area (Å²) in [4.78, 5) is 27.3. The van der Waals surface area contributed by atoms with Crippen LogP contribution in [0.3, 0.4) is 0 Å². The van der Waals surface area contributed by atoms with Crippen molar-refractivity contribution < 1.29 is 9.59 Å². The molecule has 1 aliphatic heterocycles. The van der Waals surface area contributed by atoms with E-state index in [-0.39, 0.29) is 11.9 Å². The zero-order valence-corrected chi connectivity index (χ0v) is 15.0. The fraction of sp³-hybridized carbons (Fsp3) is 0.706. The summed E-state index contributed by atoms with van der Waals surface area (Å²) in [5, 5.41) is 7.23. The van der Waals surface area contributed by atoms with E-state index in [0.717, 1.165) is 19.5 Å². The molecule has 2 heterocycles. The van der Waals surface area contributed by atoms with Gasteiger partial charge in [0.2, 0.25) is 5.91 Å². The highest BCUT2D eigenvalue weighted by Gasteiger charge is 2.62. The van der Waals surface area contributed by atoms with Gasteiger partial charge in [-0.25, -0.2) is 4.79 Å². The van der Waals surface area contributed by atoms with Crippen LogP contribution >= 0.6 is 0 Å². The van der Waals surface area contributed by atoms with Crippen molar-refractivity contribution in [2.75, 3.05) is 32.5 Å². The van der Waals surface area contributed by atoms with E-state index in [1.165, 1.54) is 0 Å². The third kappa shape index (κ3) is 3.25. The Balaban J connectivity index is 1.43. The predicted molar refractivity (Wildman–Crippen MR) is 91.5 cm³/mol. The van der Waals surface area contributed by atoms with E-state index in [1.807, 2.05) is 11.1 Å². The minimum Gasteiger partial charge on any atom is -0.349 e. The van der Waals surface area contributed by atoms with Crippen LogP contribution in [0.4, 0.5) is 10.6 Å². The zero-order chi connectivity index (χ0) is 17.5. The van der Waals surface area contributed by atoms with E-state index in [4.69, 9.17) is 0 Å². The van der Waals surface area contributed by atoms with Gasteiger partial charge in [-0.05, 0) is 23.7 Å². The molecule has 0 unspecified atom stereocenters. The Bertz CT molecular complexity index is 623. The number of fused-ring (bicyclic) bond motifs is 1. The standard InChI is InChI=1S/C17H27N5O2/c1-17(2)12-10-21(11-13(12)17)16(24)18-14-7-9-22(19-14)8-5-6-15(23)20(3)4/h7,9,12-13H,5-6,8,10-11H2,1-4H3,(H,18,19,24)/t12-,13+. The fourth-order valence-corrected chi connectivity index (χ4v) is 3.66. The average molecular weight is 333 g/mol. The molecule has 1 aromatic rings. The van der Waals surface area contributed by atoms with Gasteiger partial charge in [0.1, 0.15) is 0 Å². The van der Waals surface area contributed by atoms with E-state index < -0.39 is 0 Å². The smallest absolute Gasteiger partial charge is 0.323 e. The highest BCUT2D eigenvalue weighted by molar-refractivity contribution is 5.88. The molecular weight excluding hydrogens is 306 g/mol. The van der Waals surface area contributed by atoms with Crippen molar-refractivity contribution >= 4 is 17.8 Å². The number of nitrogens with zero attached hydrogens (tertiary/aromatic N) is 4.